The smallest absolute Gasteiger partial charge is 0.262 e. The highest BCUT2D eigenvalue weighted by atomic mass is 16.5. The van der Waals surface area contributed by atoms with Crippen LogP contribution in [0, 0.1) is 6.92 Å². The number of carbonyl (C=O) groups is 1. The molecule has 0 aromatic heterocycles. The minimum atomic E-state index is -0.361. The van der Waals surface area contributed by atoms with Crippen LogP contribution in [0.15, 0.2) is 48.5 Å². The van der Waals surface area contributed by atoms with Crippen molar-refractivity contribution in [1.29, 1.82) is 0 Å². The third-order valence-corrected chi connectivity index (χ3v) is 3.40. The molecule has 128 valence electrons. The number of aliphatic hydroxyl groups excluding tert-OH is 1. The zero-order chi connectivity index (χ0) is 17.4. The standard InChI is InChI=1S/C19H24N2O3/c1-14-3-7-17(8-4-14)21-19(23)13-24-18-9-5-16(6-10-18)12-20-11-15(2)22/h3-10,15,20,22H,11-13H2,1-2H3,(H,21,23)/t15-/m0/s1. The summed E-state index contributed by atoms with van der Waals surface area (Å²) in [6, 6.07) is 15.1. The molecule has 5 heteroatoms. The van der Waals surface area contributed by atoms with E-state index in [0.29, 0.717) is 18.8 Å². The van der Waals surface area contributed by atoms with Crippen molar-refractivity contribution in [2.75, 3.05) is 18.5 Å². The summed E-state index contributed by atoms with van der Waals surface area (Å²) in [6.45, 7) is 4.94. The van der Waals surface area contributed by atoms with Crippen LogP contribution < -0.4 is 15.4 Å². The van der Waals surface area contributed by atoms with Gasteiger partial charge >= 0.3 is 0 Å². The fourth-order valence-corrected chi connectivity index (χ4v) is 2.11. The summed E-state index contributed by atoms with van der Waals surface area (Å²) < 4.78 is 5.49. The van der Waals surface area contributed by atoms with Crippen molar-refractivity contribution >= 4 is 11.6 Å². The number of benzene rings is 2. The average Bonchev–Trinajstić information content (AvgIpc) is 2.56. The lowest BCUT2D eigenvalue weighted by Crippen LogP contribution is -2.23. The highest BCUT2D eigenvalue weighted by Crippen LogP contribution is 2.13. The molecule has 1 amide bonds. The van der Waals surface area contributed by atoms with Gasteiger partial charge < -0.3 is 20.5 Å². The van der Waals surface area contributed by atoms with Crippen molar-refractivity contribution in [1.82, 2.24) is 5.32 Å². The number of rotatable bonds is 8. The third-order valence-electron chi connectivity index (χ3n) is 3.40. The third kappa shape index (κ3) is 6.40. The van der Waals surface area contributed by atoms with Crippen LogP contribution in [0.2, 0.25) is 0 Å². The molecule has 2 aromatic carbocycles. The zero-order valence-corrected chi connectivity index (χ0v) is 14.1. The van der Waals surface area contributed by atoms with Gasteiger partial charge in [-0.3, -0.25) is 4.79 Å². The molecule has 0 radical (unpaired) electrons. The summed E-state index contributed by atoms with van der Waals surface area (Å²) in [6.07, 6.45) is -0.361. The van der Waals surface area contributed by atoms with Crippen LogP contribution in [-0.4, -0.2) is 30.3 Å². The number of aryl methyl sites for hydroxylation is 1. The van der Waals surface area contributed by atoms with E-state index >= 15 is 0 Å². The Morgan fingerprint density at radius 2 is 1.79 bits per heavy atom. The van der Waals surface area contributed by atoms with Crippen molar-refractivity contribution in [3.63, 3.8) is 0 Å². The number of aliphatic hydroxyl groups is 1. The number of nitrogens with one attached hydrogen (secondary N) is 2. The molecule has 2 aromatic rings. The molecule has 0 aliphatic heterocycles. The predicted octanol–water partition coefficient (Wildman–Crippen LogP) is 2.48. The fraction of sp³-hybridized carbons (Fsp3) is 0.316. The van der Waals surface area contributed by atoms with E-state index in [1.807, 2.05) is 55.5 Å². The van der Waals surface area contributed by atoms with Crippen LogP contribution >= 0.6 is 0 Å². The van der Waals surface area contributed by atoms with Crippen molar-refractivity contribution in [3.05, 3.63) is 59.7 Å². The molecule has 0 saturated carbocycles. The first-order chi connectivity index (χ1) is 11.5. The number of ether oxygens (including phenoxy) is 1. The first-order valence-corrected chi connectivity index (χ1v) is 8.00. The van der Waals surface area contributed by atoms with E-state index in [0.717, 1.165) is 16.8 Å². The van der Waals surface area contributed by atoms with E-state index in [4.69, 9.17) is 4.74 Å². The lowest BCUT2D eigenvalue weighted by Gasteiger charge is -2.09. The molecular weight excluding hydrogens is 304 g/mol. The lowest BCUT2D eigenvalue weighted by molar-refractivity contribution is -0.118. The summed E-state index contributed by atoms with van der Waals surface area (Å²) in [5.41, 5.74) is 2.99. The molecule has 0 aliphatic carbocycles. The quantitative estimate of drug-likeness (QED) is 0.696. The van der Waals surface area contributed by atoms with E-state index in [1.165, 1.54) is 0 Å². The Balaban J connectivity index is 1.75. The summed E-state index contributed by atoms with van der Waals surface area (Å²) in [5, 5.41) is 15.1. The van der Waals surface area contributed by atoms with Crippen LogP contribution in [0.4, 0.5) is 5.69 Å². The Labute approximate surface area is 142 Å². The first-order valence-electron chi connectivity index (χ1n) is 8.00. The molecule has 24 heavy (non-hydrogen) atoms. The maximum Gasteiger partial charge on any atom is 0.262 e. The molecule has 0 fully saturated rings. The number of amides is 1. The Morgan fingerprint density at radius 3 is 2.42 bits per heavy atom. The van der Waals surface area contributed by atoms with Gasteiger partial charge in [-0.05, 0) is 43.7 Å². The summed E-state index contributed by atoms with van der Waals surface area (Å²) in [4.78, 5) is 11.9. The number of anilines is 1. The van der Waals surface area contributed by atoms with Crippen molar-refractivity contribution in [3.8, 4) is 5.75 Å². The normalized spacial score (nSPS) is 11.8. The predicted molar refractivity (Wildman–Crippen MR) is 95.1 cm³/mol. The van der Waals surface area contributed by atoms with E-state index in [9.17, 15) is 9.90 Å². The van der Waals surface area contributed by atoms with Gasteiger partial charge in [0, 0.05) is 18.8 Å². The van der Waals surface area contributed by atoms with E-state index in [2.05, 4.69) is 10.6 Å². The molecule has 0 saturated heterocycles. The average molecular weight is 328 g/mol. The summed E-state index contributed by atoms with van der Waals surface area (Å²) in [7, 11) is 0. The van der Waals surface area contributed by atoms with Gasteiger partial charge in [0.1, 0.15) is 5.75 Å². The van der Waals surface area contributed by atoms with Gasteiger partial charge in [0.25, 0.3) is 5.91 Å². The number of hydrogen-bond acceptors (Lipinski definition) is 4. The molecule has 2 rings (SSSR count). The molecule has 0 unspecified atom stereocenters. The van der Waals surface area contributed by atoms with Gasteiger partial charge in [-0.1, -0.05) is 29.8 Å². The van der Waals surface area contributed by atoms with Crippen molar-refractivity contribution in [2.45, 2.75) is 26.5 Å². The summed E-state index contributed by atoms with van der Waals surface area (Å²) >= 11 is 0. The minimum Gasteiger partial charge on any atom is -0.484 e. The van der Waals surface area contributed by atoms with Crippen LogP contribution in [-0.2, 0) is 11.3 Å². The van der Waals surface area contributed by atoms with Gasteiger partial charge in [-0.25, -0.2) is 0 Å². The second kappa shape index (κ2) is 9.05. The number of hydrogen-bond donors (Lipinski definition) is 3. The van der Waals surface area contributed by atoms with E-state index in [1.54, 1.807) is 6.92 Å². The summed E-state index contributed by atoms with van der Waals surface area (Å²) in [5.74, 6) is 0.454. The SMILES string of the molecule is Cc1ccc(NC(=O)COc2ccc(CNC[C@H](C)O)cc2)cc1. The number of carbonyl (C=O) groups excluding carboxylic acids is 1. The van der Waals surface area contributed by atoms with Gasteiger partial charge in [-0.2, -0.15) is 0 Å². The van der Waals surface area contributed by atoms with Gasteiger partial charge in [0.15, 0.2) is 6.61 Å². The van der Waals surface area contributed by atoms with Crippen LogP contribution in [0.1, 0.15) is 18.1 Å². The zero-order valence-electron chi connectivity index (χ0n) is 14.1. The highest BCUT2D eigenvalue weighted by molar-refractivity contribution is 5.91. The fourth-order valence-electron chi connectivity index (χ4n) is 2.11. The van der Waals surface area contributed by atoms with Gasteiger partial charge in [-0.15, -0.1) is 0 Å². The molecule has 0 bridgehead atoms. The molecule has 5 nitrogen and oxygen atoms in total. The second-order valence-electron chi connectivity index (χ2n) is 5.83. The van der Waals surface area contributed by atoms with Crippen LogP contribution in [0.3, 0.4) is 0 Å². The largest absolute Gasteiger partial charge is 0.484 e. The van der Waals surface area contributed by atoms with Crippen molar-refractivity contribution < 1.29 is 14.6 Å². The molecular formula is C19H24N2O3. The van der Waals surface area contributed by atoms with Crippen molar-refractivity contribution in [2.24, 2.45) is 0 Å². The van der Waals surface area contributed by atoms with Crippen LogP contribution in [0.25, 0.3) is 0 Å². The first kappa shape index (κ1) is 18.0. The van der Waals surface area contributed by atoms with Gasteiger partial charge in [0.05, 0.1) is 6.10 Å². The molecule has 0 heterocycles. The molecule has 1 atom stereocenters. The topological polar surface area (TPSA) is 70.6 Å². The van der Waals surface area contributed by atoms with E-state index < -0.39 is 0 Å². The maximum absolute atomic E-state index is 11.9. The van der Waals surface area contributed by atoms with Gasteiger partial charge in [0.2, 0.25) is 0 Å². The Kier molecular flexibility index (Phi) is 6.78. The maximum atomic E-state index is 11.9. The molecule has 0 aliphatic rings. The highest BCUT2D eigenvalue weighted by Gasteiger charge is 2.04. The lowest BCUT2D eigenvalue weighted by atomic mass is 10.2. The van der Waals surface area contributed by atoms with Crippen LogP contribution in [0.5, 0.6) is 5.75 Å². The Morgan fingerprint density at radius 1 is 1.12 bits per heavy atom. The molecule has 3 N–H and O–H groups in total. The monoisotopic (exact) mass is 328 g/mol. The second-order valence-corrected chi connectivity index (χ2v) is 5.83. The Hall–Kier alpha value is -2.37. The molecule has 0 spiro atoms. The minimum absolute atomic E-state index is 0.0342. The van der Waals surface area contributed by atoms with E-state index in [-0.39, 0.29) is 18.6 Å². The Bertz CT molecular complexity index is 637.